The third-order valence-electron chi connectivity index (χ3n) is 5.70. The van der Waals surface area contributed by atoms with Gasteiger partial charge < -0.3 is 0 Å². The fourth-order valence-electron chi connectivity index (χ4n) is 4.32. The Balaban J connectivity index is 1.62. The quantitative estimate of drug-likeness (QED) is 0.657. The summed E-state index contributed by atoms with van der Waals surface area (Å²) in [5.41, 5.74) is 1.33. The number of hydrogen-bond donors (Lipinski definition) is 0. The zero-order valence-corrected chi connectivity index (χ0v) is 14.1. The predicted molar refractivity (Wildman–Crippen MR) is 92.0 cm³/mol. The van der Waals surface area contributed by atoms with Gasteiger partial charge >= 0.3 is 0 Å². The third-order valence-corrected chi connectivity index (χ3v) is 5.70. The van der Waals surface area contributed by atoms with Crippen molar-refractivity contribution in [2.75, 3.05) is 0 Å². The molecule has 2 fully saturated rings. The van der Waals surface area contributed by atoms with Gasteiger partial charge in [-0.15, -0.1) is 0 Å². The van der Waals surface area contributed by atoms with Crippen LogP contribution in [-0.4, -0.2) is 9.97 Å². The molecule has 1 aromatic rings. The molecule has 2 nitrogen and oxygen atoms in total. The Morgan fingerprint density at radius 2 is 1.36 bits per heavy atom. The van der Waals surface area contributed by atoms with Crippen molar-refractivity contribution in [3.8, 4) is 0 Å². The van der Waals surface area contributed by atoms with Crippen LogP contribution in [0.1, 0.15) is 101 Å². The molecule has 22 heavy (non-hydrogen) atoms. The molecule has 2 aliphatic carbocycles. The average Bonchev–Trinajstić information content (AvgIpc) is 2.79. The number of hydrogen-bond acceptors (Lipinski definition) is 2. The van der Waals surface area contributed by atoms with Crippen molar-refractivity contribution in [1.29, 1.82) is 0 Å². The molecular weight excluding hydrogens is 268 g/mol. The van der Waals surface area contributed by atoms with E-state index < -0.39 is 0 Å². The first-order valence-electron chi connectivity index (χ1n) is 9.73. The molecule has 0 saturated heterocycles. The SMILES string of the molecule is c1cc(C2CCCCCC2)nc(CC2CCCCCCC2)n1. The van der Waals surface area contributed by atoms with Gasteiger partial charge in [0.25, 0.3) is 0 Å². The average molecular weight is 300 g/mol. The zero-order valence-electron chi connectivity index (χ0n) is 14.1. The summed E-state index contributed by atoms with van der Waals surface area (Å²) in [4.78, 5) is 9.57. The highest BCUT2D eigenvalue weighted by Crippen LogP contribution is 2.31. The van der Waals surface area contributed by atoms with Crippen LogP contribution in [0.25, 0.3) is 0 Å². The first kappa shape index (κ1) is 16.0. The second kappa shape index (κ2) is 8.64. The molecule has 1 aromatic heterocycles. The van der Waals surface area contributed by atoms with E-state index in [0.717, 1.165) is 18.2 Å². The van der Waals surface area contributed by atoms with Crippen molar-refractivity contribution in [2.24, 2.45) is 5.92 Å². The van der Waals surface area contributed by atoms with E-state index in [9.17, 15) is 0 Å². The summed E-state index contributed by atoms with van der Waals surface area (Å²) in [5.74, 6) is 2.64. The Morgan fingerprint density at radius 3 is 2.05 bits per heavy atom. The van der Waals surface area contributed by atoms with Crippen molar-refractivity contribution in [2.45, 2.75) is 95.8 Å². The Kier molecular flexibility index (Phi) is 6.27. The number of aromatic nitrogens is 2. The van der Waals surface area contributed by atoms with E-state index in [1.54, 1.807) is 0 Å². The van der Waals surface area contributed by atoms with Crippen LogP contribution in [-0.2, 0) is 6.42 Å². The lowest BCUT2D eigenvalue weighted by atomic mass is 9.88. The van der Waals surface area contributed by atoms with Crippen LogP contribution in [0.4, 0.5) is 0 Å². The van der Waals surface area contributed by atoms with Crippen LogP contribution >= 0.6 is 0 Å². The van der Waals surface area contributed by atoms with Gasteiger partial charge in [0.15, 0.2) is 0 Å². The second-order valence-corrected chi connectivity index (χ2v) is 7.50. The topological polar surface area (TPSA) is 25.8 Å². The molecule has 3 rings (SSSR count). The molecule has 0 aromatic carbocycles. The van der Waals surface area contributed by atoms with Crippen molar-refractivity contribution < 1.29 is 0 Å². The van der Waals surface area contributed by atoms with Gasteiger partial charge in [-0.2, -0.15) is 0 Å². The lowest BCUT2D eigenvalue weighted by molar-refractivity contribution is 0.370. The van der Waals surface area contributed by atoms with E-state index in [4.69, 9.17) is 4.98 Å². The smallest absolute Gasteiger partial charge is 0.128 e. The van der Waals surface area contributed by atoms with Crippen molar-refractivity contribution in [1.82, 2.24) is 9.97 Å². The van der Waals surface area contributed by atoms with E-state index in [1.807, 2.05) is 6.20 Å². The van der Waals surface area contributed by atoms with E-state index in [1.165, 1.54) is 89.2 Å². The maximum absolute atomic E-state index is 4.98. The molecular formula is C20H32N2. The van der Waals surface area contributed by atoms with Crippen LogP contribution in [0.15, 0.2) is 12.3 Å². The highest BCUT2D eigenvalue weighted by molar-refractivity contribution is 5.09. The fourth-order valence-corrected chi connectivity index (χ4v) is 4.32. The van der Waals surface area contributed by atoms with Gasteiger partial charge in [-0.05, 0) is 24.8 Å². The van der Waals surface area contributed by atoms with Crippen LogP contribution < -0.4 is 0 Å². The first-order chi connectivity index (χ1) is 10.9. The van der Waals surface area contributed by atoms with Crippen LogP contribution in [0.5, 0.6) is 0 Å². The zero-order chi connectivity index (χ0) is 15.0. The lowest BCUT2D eigenvalue weighted by Gasteiger charge is -2.19. The summed E-state index contributed by atoms with van der Waals surface area (Å²) < 4.78 is 0. The second-order valence-electron chi connectivity index (χ2n) is 7.50. The van der Waals surface area contributed by atoms with Crippen molar-refractivity contribution >= 4 is 0 Å². The highest BCUT2D eigenvalue weighted by atomic mass is 14.9. The van der Waals surface area contributed by atoms with Crippen LogP contribution in [0, 0.1) is 5.92 Å². The van der Waals surface area contributed by atoms with Gasteiger partial charge in [0, 0.05) is 24.2 Å². The Hall–Kier alpha value is -0.920. The third kappa shape index (κ3) is 4.79. The molecule has 122 valence electrons. The van der Waals surface area contributed by atoms with Crippen LogP contribution in [0.2, 0.25) is 0 Å². The molecule has 1 heterocycles. The molecule has 0 radical (unpaired) electrons. The van der Waals surface area contributed by atoms with Crippen LogP contribution in [0.3, 0.4) is 0 Å². The Morgan fingerprint density at radius 1 is 0.773 bits per heavy atom. The van der Waals surface area contributed by atoms with Gasteiger partial charge in [-0.25, -0.2) is 9.97 Å². The number of rotatable bonds is 3. The molecule has 2 heteroatoms. The lowest BCUT2D eigenvalue weighted by Crippen LogP contribution is -2.11. The summed E-state index contributed by atoms with van der Waals surface area (Å²) in [6.07, 6.45) is 21.3. The predicted octanol–water partition coefficient (Wildman–Crippen LogP) is 5.82. The Bertz CT molecular complexity index is 427. The van der Waals surface area contributed by atoms with Gasteiger partial charge in [0.1, 0.15) is 5.82 Å². The molecule has 0 spiro atoms. The minimum atomic E-state index is 0.696. The molecule has 0 unspecified atom stereocenters. The molecule has 0 atom stereocenters. The molecule has 0 N–H and O–H groups in total. The summed E-state index contributed by atoms with van der Waals surface area (Å²) in [6.45, 7) is 0. The Labute approximate surface area is 136 Å². The fraction of sp³-hybridized carbons (Fsp3) is 0.800. The van der Waals surface area contributed by atoms with E-state index >= 15 is 0 Å². The van der Waals surface area contributed by atoms with Gasteiger partial charge in [-0.3, -0.25) is 0 Å². The first-order valence-corrected chi connectivity index (χ1v) is 9.73. The van der Waals surface area contributed by atoms with Gasteiger partial charge in [-0.1, -0.05) is 70.6 Å². The highest BCUT2D eigenvalue weighted by Gasteiger charge is 2.18. The summed E-state index contributed by atoms with van der Waals surface area (Å²) in [6, 6.07) is 2.18. The largest absolute Gasteiger partial charge is 0.241 e. The molecule has 2 saturated carbocycles. The minimum Gasteiger partial charge on any atom is -0.241 e. The number of nitrogens with zero attached hydrogens (tertiary/aromatic N) is 2. The normalized spacial score (nSPS) is 22.7. The van der Waals surface area contributed by atoms with E-state index in [0.29, 0.717) is 5.92 Å². The molecule has 0 bridgehead atoms. The van der Waals surface area contributed by atoms with E-state index in [-0.39, 0.29) is 0 Å². The van der Waals surface area contributed by atoms with Crippen molar-refractivity contribution in [3.63, 3.8) is 0 Å². The standard InChI is InChI=1S/C20H32N2/c1-2-6-10-17(11-7-3-1)16-20-21-15-14-19(22-20)18-12-8-4-5-9-13-18/h14-15,17-18H,1-13,16H2. The monoisotopic (exact) mass is 300 g/mol. The summed E-state index contributed by atoms with van der Waals surface area (Å²) >= 11 is 0. The molecule has 0 amide bonds. The maximum atomic E-state index is 4.98. The van der Waals surface area contributed by atoms with Crippen molar-refractivity contribution in [3.05, 3.63) is 23.8 Å². The molecule has 2 aliphatic rings. The molecule has 0 aliphatic heterocycles. The summed E-state index contributed by atoms with van der Waals surface area (Å²) in [5, 5.41) is 0. The van der Waals surface area contributed by atoms with Gasteiger partial charge in [0.05, 0.1) is 0 Å². The van der Waals surface area contributed by atoms with E-state index in [2.05, 4.69) is 11.1 Å². The van der Waals surface area contributed by atoms with Gasteiger partial charge in [0.2, 0.25) is 0 Å². The maximum Gasteiger partial charge on any atom is 0.128 e. The minimum absolute atomic E-state index is 0.696. The summed E-state index contributed by atoms with van der Waals surface area (Å²) in [7, 11) is 0.